The summed E-state index contributed by atoms with van der Waals surface area (Å²) in [5.74, 6) is -0.313. The van der Waals surface area contributed by atoms with Gasteiger partial charge >= 0.3 is 6.18 Å². The minimum atomic E-state index is -4.44. The molecule has 0 bridgehead atoms. The highest BCUT2D eigenvalue weighted by molar-refractivity contribution is 5.77. The number of hydrogen-bond acceptors (Lipinski definition) is 3. The molecule has 0 spiro atoms. The van der Waals surface area contributed by atoms with Crippen molar-refractivity contribution in [2.24, 2.45) is 0 Å². The number of quaternary nitrogens is 1. The molecule has 1 aromatic carbocycles. The Balaban J connectivity index is 2.05. The predicted molar refractivity (Wildman–Crippen MR) is 81.5 cm³/mol. The zero-order valence-corrected chi connectivity index (χ0v) is 13.0. The van der Waals surface area contributed by atoms with Crippen LogP contribution in [0.1, 0.15) is 12.7 Å². The number of alkyl halides is 3. The number of nitrogens with zero attached hydrogens (tertiary/aromatic N) is 1. The van der Waals surface area contributed by atoms with E-state index in [0.717, 1.165) is 0 Å². The Morgan fingerprint density at radius 2 is 2.04 bits per heavy atom. The highest BCUT2D eigenvalue weighted by atomic mass is 19.4. The highest BCUT2D eigenvalue weighted by Crippen LogP contribution is 2.11. The molecule has 1 heterocycles. The van der Waals surface area contributed by atoms with Gasteiger partial charge in [-0.2, -0.15) is 13.2 Å². The molecule has 2 aromatic rings. The number of carbonyl (C=O) groups excluding carboxylic acids is 1. The third-order valence-corrected chi connectivity index (χ3v) is 3.48. The second-order valence-electron chi connectivity index (χ2n) is 5.38. The first-order valence-electron chi connectivity index (χ1n) is 7.43. The van der Waals surface area contributed by atoms with E-state index in [9.17, 15) is 22.8 Å². The van der Waals surface area contributed by atoms with Crippen LogP contribution in [0.4, 0.5) is 13.2 Å². The summed E-state index contributed by atoms with van der Waals surface area (Å²) < 4.78 is 36.3. The molecule has 0 saturated carbocycles. The van der Waals surface area contributed by atoms with E-state index in [1.807, 2.05) is 5.32 Å². The van der Waals surface area contributed by atoms with Gasteiger partial charge in [-0.25, -0.2) is 4.98 Å². The molecule has 9 heteroatoms. The number of likely N-dealkylation sites (N-methyl/N-ethyl adjacent to an activating group) is 1. The topological polar surface area (TPSA) is 79.3 Å². The monoisotopic (exact) mass is 343 g/mol. The Morgan fingerprint density at radius 1 is 1.33 bits per heavy atom. The molecule has 1 unspecified atom stereocenters. The van der Waals surface area contributed by atoms with Gasteiger partial charge in [-0.3, -0.25) is 9.59 Å². The van der Waals surface area contributed by atoms with Gasteiger partial charge in [0.05, 0.1) is 17.4 Å². The first kappa shape index (κ1) is 17.9. The van der Waals surface area contributed by atoms with E-state index >= 15 is 0 Å². The minimum Gasteiger partial charge on any atom is -0.342 e. The molecule has 0 saturated heterocycles. The second-order valence-corrected chi connectivity index (χ2v) is 5.38. The lowest BCUT2D eigenvalue weighted by Crippen LogP contribution is -3.11. The quantitative estimate of drug-likeness (QED) is 0.691. The maximum absolute atomic E-state index is 12.1. The number of H-pyrrole nitrogens is 1. The number of halogens is 3. The van der Waals surface area contributed by atoms with E-state index in [4.69, 9.17) is 0 Å². The number of fused-ring (bicyclic) bond motifs is 1. The zero-order valence-electron chi connectivity index (χ0n) is 13.0. The van der Waals surface area contributed by atoms with Gasteiger partial charge in [0.15, 0.2) is 12.4 Å². The van der Waals surface area contributed by atoms with Gasteiger partial charge in [-0.15, -0.1) is 0 Å². The van der Waals surface area contributed by atoms with Crippen LogP contribution in [0.2, 0.25) is 0 Å². The van der Waals surface area contributed by atoms with Crippen LogP contribution in [0.25, 0.3) is 10.9 Å². The number of para-hydroxylation sites is 1. The van der Waals surface area contributed by atoms with Crippen LogP contribution in [-0.2, 0) is 11.3 Å². The zero-order chi connectivity index (χ0) is 17.7. The van der Waals surface area contributed by atoms with Crippen LogP contribution in [0, 0.1) is 0 Å². The molecule has 0 aliphatic carbocycles. The van der Waals surface area contributed by atoms with Crippen LogP contribution in [0.15, 0.2) is 29.1 Å². The van der Waals surface area contributed by atoms with Gasteiger partial charge in [0, 0.05) is 0 Å². The number of rotatable bonds is 6. The van der Waals surface area contributed by atoms with Gasteiger partial charge in [-0.05, 0) is 19.1 Å². The predicted octanol–water partition coefficient (Wildman–Crippen LogP) is 0.00640. The molecule has 0 radical (unpaired) electrons. The van der Waals surface area contributed by atoms with Gasteiger partial charge in [0.1, 0.15) is 13.1 Å². The Bertz CT molecular complexity index is 773. The summed E-state index contributed by atoms with van der Waals surface area (Å²) in [4.78, 5) is 31.3. The van der Waals surface area contributed by atoms with Crippen LogP contribution in [-0.4, -0.2) is 41.7 Å². The van der Waals surface area contributed by atoms with Gasteiger partial charge in [0.2, 0.25) is 0 Å². The fraction of sp³-hybridized carbons (Fsp3) is 0.400. The van der Waals surface area contributed by atoms with Gasteiger partial charge < -0.3 is 15.2 Å². The average Bonchev–Trinajstić information content (AvgIpc) is 2.52. The second kappa shape index (κ2) is 7.43. The lowest BCUT2D eigenvalue weighted by molar-refractivity contribution is -0.904. The third kappa shape index (κ3) is 5.05. The number of hydrogen-bond donors (Lipinski definition) is 3. The lowest BCUT2D eigenvalue weighted by Gasteiger charge is -2.17. The summed E-state index contributed by atoms with van der Waals surface area (Å²) in [5.41, 5.74) is 0.251. The normalized spacial score (nSPS) is 13.0. The summed E-state index contributed by atoms with van der Waals surface area (Å²) >= 11 is 0. The SMILES string of the molecule is CC[NH+](CC(=O)NCC(F)(F)F)Cc1nc2ccccc2c(=O)[nH]1. The van der Waals surface area contributed by atoms with Gasteiger partial charge in [0.25, 0.3) is 11.5 Å². The van der Waals surface area contributed by atoms with Crippen LogP contribution in [0.5, 0.6) is 0 Å². The molecule has 130 valence electrons. The van der Waals surface area contributed by atoms with E-state index in [-0.39, 0.29) is 18.6 Å². The number of amides is 1. The molecule has 6 nitrogen and oxygen atoms in total. The molecule has 1 atom stereocenters. The van der Waals surface area contributed by atoms with Crippen molar-refractivity contribution in [1.29, 1.82) is 0 Å². The fourth-order valence-corrected chi connectivity index (χ4v) is 2.26. The molecule has 1 aromatic heterocycles. The van der Waals surface area contributed by atoms with Crippen LogP contribution >= 0.6 is 0 Å². The molecule has 3 N–H and O–H groups in total. The van der Waals surface area contributed by atoms with Gasteiger partial charge in [-0.1, -0.05) is 12.1 Å². The Morgan fingerprint density at radius 3 is 2.71 bits per heavy atom. The van der Waals surface area contributed by atoms with Crippen LogP contribution in [0.3, 0.4) is 0 Å². The number of aromatic amines is 1. The summed E-state index contributed by atoms with van der Waals surface area (Å²) in [6.07, 6.45) is -4.44. The van der Waals surface area contributed by atoms with Crippen molar-refractivity contribution >= 4 is 16.8 Å². The molecule has 0 fully saturated rings. The molecular weight excluding hydrogens is 325 g/mol. The first-order valence-corrected chi connectivity index (χ1v) is 7.43. The molecule has 0 aliphatic heterocycles. The Labute approximate surface area is 135 Å². The van der Waals surface area contributed by atoms with Crippen molar-refractivity contribution in [2.45, 2.75) is 19.6 Å². The molecule has 1 amide bonds. The smallest absolute Gasteiger partial charge is 0.342 e. The Hall–Kier alpha value is -2.42. The minimum absolute atomic E-state index is 0.136. The lowest BCUT2D eigenvalue weighted by atomic mass is 10.2. The number of aromatic nitrogens is 2. The standard InChI is InChI=1S/C15H17F3N4O2/c1-2-22(8-13(23)19-9-15(16,17)18)7-12-20-11-6-4-3-5-10(11)14(24)21-12/h3-6H,2,7-9H2,1H3,(H,19,23)(H,20,21,24)/p+1. The summed E-state index contributed by atoms with van der Waals surface area (Å²) in [6.45, 7) is 1.04. The van der Waals surface area contributed by atoms with E-state index in [1.165, 1.54) is 0 Å². The van der Waals surface area contributed by atoms with E-state index < -0.39 is 18.6 Å². The summed E-state index contributed by atoms with van der Waals surface area (Å²) in [7, 11) is 0. The van der Waals surface area contributed by atoms with E-state index in [1.54, 1.807) is 31.2 Å². The molecule has 0 aliphatic rings. The molecule has 24 heavy (non-hydrogen) atoms. The largest absolute Gasteiger partial charge is 0.405 e. The van der Waals surface area contributed by atoms with Crippen LogP contribution < -0.4 is 15.8 Å². The molecule has 2 rings (SSSR count). The average molecular weight is 343 g/mol. The number of carbonyl (C=O) groups is 1. The van der Waals surface area contributed by atoms with Crippen molar-refractivity contribution in [2.75, 3.05) is 19.6 Å². The summed E-state index contributed by atoms with van der Waals surface area (Å²) in [6, 6.07) is 6.84. The van der Waals surface area contributed by atoms with Crippen molar-refractivity contribution in [3.05, 3.63) is 40.4 Å². The number of benzene rings is 1. The summed E-state index contributed by atoms with van der Waals surface area (Å²) in [5, 5.41) is 2.30. The van der Waals surface area contributed by atoms with E-state index in [2.05, 4.69) is 9.97 Å². The van der Waals surface area contributed by atoms with Crippen molar-refractivity contribution in [3.8, 4) is 0 Å². The Kier molecular flexibility index (Phi) is 5.55. The highest BCUT2D eigenvalue weighted by Gasteiger charge is 2.28. The van der Waals surface area contributed by atoms with Crippen molar-refractivity contribution < 1.29 is 22.9 Å². The maximum atomic E-state index is 12.1. The maximum Gasteiger partial charge on any atom is 0.405 e. The van der Waals surface area contributed by atoms with E-state index in [0.29, 0.717) is 28.2 Å². The molecular formula is C15H18F3N4O2+. The number of nitrogens with one attached hydrogen (secondary N) is 3. The third-order valence-electron chi connectivity index (χ3n) is 3.48. The first-order chi connectivity index (χ1) is 11.3. The fourth-order valence-electron chi connectivity index (χ4n) is 2.26. The van der Waals surface area contributed by atoms with Crippen molar-refractivity contribution in [1.82, 2.24) is 15.3 Å². The van der Waals surface area contributed by atoms with Crippen molar-refractivity contribution in [3.63, 3.8) is 0 Å².